The van der Waals surface area contributed by atoms with E-state index in [0.717, 1.165) is 16.9 Å². The van der Waals surface area contributed by atoms with Crippen LogP contribution in [0.3, 0.4) is 0 Å². The fraction of sp³-hybridized carbons (Fsp3) is 0.200. The molecule has 2 aromatic carbocycles. The number of benzene rings is 2. The number of aryl methyl sites for hydroxylation is 3. The molecule has 23 heavy (non-hydrogen) atoms. The molecule has 2 aromatic rings. The summed E-state index contributed by atoms with van der Waals surface area (Å²) in [6.07, 6.45) is 1.66. The van der Waals surface area contributed by atoms with Crippen molar-refractivity contribution in [2.75, 3.05) is 0 Å². The first-order chi connectivity index (χ1) is 11.0. The molecular weight excluding hydrogens is 300 g/mol. The van der Waals surface area contributed by atoms with Crippen LogP contribution in [-0.2, 0) is 5.75 Å². The number of hydrogen-bond acceptors (Lipinski definition) is 3. The van der Waals surface area contributed by atoms with Gasteiger partial charge in [0, 0.05) is 10.6 Å². The number of rotatable bonds is 4. The van der Waals surface area contributed by atoms with Crippen LogP contribution in [0.1, 0.15) is 27.8 Å². The van der Waals surface area contributed by atoms with Crippen LogP contribution in [0.2, 0.25) is 0 Å². The summed E-state index contributed by atoms with van der Waals surface area (Å²) in [6.45, 7) is 6.22. The third-order valence-corrected chi connectivity index (χ3v) is 4.97. The highest BCUT2D eigenvalue weighted by Gasteiger charge is 2.06. The first-order valence-corrected chi connectivity index (χ1v) is 8.34. The summed E-state index contributed by atoms with van der Waals surface area (Å²) in [5.41, 5.74) is 5.89. The second-order valence-electron chi connectivity index (χ2n) is 5.47. The van der Waals surface area contributed by atoms with Gasteiger partial charge in [-0.1, -0.05) is 30.3 Å². The van der Waals surface area contributed by atoms with Crippen molar-refractivity contribution >= 4 is 17.8 Å². The third kappa shape index (κ3) is 4.25. The lowest BCUT2D eigenvalue weighted by atomic mass is 9.99. The largest absolute Gasteiger partial charge is 0.192 e. The summed E-state index contributed by atoms with van der Waals surface area (Å²) in [5, 5.41) is 17.9. The molecule has 114 valence electrons. The number of nitrogens with zero attached hydrogens (tertiary/aromatic N) is 2. The molecule has 0 saturated carbocycles. The molecule has 0 bridgehead atoms. The third-order valence-electron chi connectivity index (χ3n) is 3.74. The fourth-order valence-corrected chi connectivity index (χ4v) is 3.44. The van der Waals surface area contributed by atoms with Gasteiger partial charge in [0.15, 0.2) is 0 Å². The zero-order valence-corrected chi connectivity index (χ0v) is 14.4. The minimum atomic E-state index is 0.134. The van der Waals surface area contributed by atoms with Crippen molar-refractivity contribution in [1.82, 2.24) is 0 Å². The van der Waals surface area contributed by atoms with Crippen LogP contribution in [0.5, 0.6) is 0 Å². The Hall–Kier alpha value is -2.49. The number of hydrogen-bond donors (Lipinski definition) is 0. The van der Waals surface area contributed by atoms with Crippen molar-refractivity contribution in [3.05, 3.63) is 69.8 Å². The van der Waals surface area contributed by atoms with Crippen LogP contribution >= 0.6 is 11.8 Å². The Morgan fingerprint density at radius 3 is 2.35 bits per heavy atom. The molecule has 0 radical (unpaired) electrons. The van der Waals surface area contributed by atoms with E-state index in [1.165, 1.54) is 21.6 Å². The van der Waals surface area contributed by atoms with E-state index in [1.807, 2.05) is 36.9 Å². The van der Waals surface area contributed by atoms with Gasteiger partial charge in [-0.05, 0) is 60.7 Å². The number of nitriles is 2. The Balaban J connectivity index is 2.30. The lowest BCUT2D eigenvalue weighted by molar-refractivity contribution is 1.25. The van der Waals surface area contributed by atoms with Gasteiger partial charge in [-0.15, -0.1) is 11.8 Å². The Morgan fingerprint density at radius 2 is 1.70 bits per heavy atom. The van der Waals surface area contributed by atoms with Gasteiger partial charge in [0.05, 0.1) is 0 Å². The first kappa shape index (κ1) is 16.9. The lowest BCUT2D eigenvalue weighted by Gasteiger charge is -2.11. The average Bonchev–Trinajstić information content (AvgIpc) is 2.54. The van der Waals surface area contributed by atoms with Crippen molar-refractivity contribution in [2.24, 2.45) is 0 Å². The monoisotopic (exact) mass is 318 g/mol. The second-order valence-corrected chi connectivity index (χ2v) is 6.49. The molecule has 0 aromatic heterocycles. The molecular formula is C20H18N2S. The zero-order valence-electron chi connectivity index (χ0n) is 13.6. The predicted octanol–water partition coefficient (Wildman–Crippen LogP) is 5.33. The van der Waals surface area contributed by atoms with Crippen LogP contribution in [0.15, 0.2) is 46.9 Å². The Kier molecular flexibility index (Phi) is 5.63. The smallest absolute Gasteiger partial charge is 0.130 e. The standard InChI is InChI=1S/C20H18N2S/c1-14-6-4-5-7-20(14)23-13-19-10-18(9-17(11-21)12-22)15(2)8-16(19)3/h4-10H,13H2,1-3H3. The van der Waals surface area contributed by atoms with Gasteiger partial charge < -0.3 is 0 Å². The Bertz CT molecular complexity index is 820. The van der Waals surface area contributed by atoms with Crippen LogP contribution < -0.4 is 0 Å². The van der Waals surface area contributed by atoms with E-state index in [0.29, 0.717) is 0 Å². The first-order valence-electron chi connectivity index (χ1n) is 7.35. The molecule has 0 unspecified atom stereocenters. The number of allylic oxidation sites excluding steroid dienone is 1. The lowest BCUT2D eigenvalue weighted by Crippen LogP contribution is -1.92. The molecule has 0 N–H and O–H groups in total. The van der Waals surface area contributed by atoms with Crippen LogP contribution in [0, 0.1) is 43.4 Å². The second kappa shape index (κ2) is 7.68. The molecule has 0 aliphatic heterocycles. The Labute approximate surface area is 142 Å². The maximum Gasteiger partial charge on any atom is 0.130 e. The van der Waals surface area contributed by atoms with Crippen molar-refractivity contribution in [3.8, 4) is 12.1 Å². The molecule has 0 heterocycles. The van der Waals surface area contributed by atoms with Crippen molar-refractivity contribution in [2.45, 2.75) is 31.4 Å². The van der Waals surface area contributed by atoms with Gasteiger partial charge in [-0.2, -0.15) is 10.5 Å². The van der Waals surface area contributed by atoms with E-state index < -0.39 is 0 Å². The summed E-state index contributed by atoms with van der Waals surface area (Å²) in [4.78, 5) is 1.28. The maximum absolute atomic E-state index is 8.94. The minimum Gasteiger partial charge on any atom is -0.192 e. The van der Waals surface area contributed by atoms with E-state index >= 15 is 0 Å². The highest BCUT2D eigenvalue weighted by atomic mass is 32.2. The topological polar surface area (TPSA) is 47.6 Å². The minimum absolute atomic E-state index is 0.134. The van der Waals surface area contributed by atoms with E-state index in [4.69, 9.17) is 10.5 Å². The summed E-state index contributed by atoms with van der Waals surface area (Å²) in [7, 11) is 0. The molecule has 0 aliphatic rings. The maximum atomic E-state index is 8.94. The van der Waals surface area contributed by atoms with Crippen molar-refractivity contribution < 1.29 is 0 Å². The molecule has 0 spiro atoms. The van der Waals surface area contributed by atoms with E-state index in [9.17, 15) is 0 Å². The van der Waals surface area contributed by atoms with Gasteiger partial charge >= 0.3 is 0 Å². The van der Waals surface area contributed by atoms with Gasteiger partial charge in [0.2, 0.25) is 0 Å². The quantitative estimate of drug-likeness (QED) is 0.565. The van der Waals surface area contributed by atoms with Crippen molar-refractivity contribution in [3.63, 3.8) is 0 Å². The fourth-order valence-electron chi connectivity index (χ4n) is 2.35. The summed E-state index contributed by atoms with van der Waals surface area (Å²) >= 11 is 1.81. The highest BCUT2D eigenvalue weighted by Crippen LogP contribution is 2.28. The molecule has 2 rings (SSSR count). The van der Waals surface area contributed by atoms with E-state index in [-0.39, 0.29) is 5.57 Å². The van der Waals surface area contributed by atoms with Crippen LogP contribution in [0.4, 0.5) is 0 Å². The highest BCUT2D eigenvalue weighted by molar-refractivity contribution is 7.98. The summed E-state index contributed by atoms with van der Waals surface area (Å²) < 4.78 is 0. The SMILES string of the molecule is Cc1cc(C)c(CSc2ccccc2C)cc1C=C(C#N)C#N. The van der Waals surface area contributed by atoms with Crippen LogP contribution in [0.25, 0.3) is 6.08 Å². The number of thioether (sulfide) groups is 1. The molecule has 3 heteroatoms. The average molecular weight is 318 g/mol. The van der Waals surface area contributed by atoms with Crippen LogP contribution in [-0.4, -0.2) is 0 Å². The van der Waals surface area contributed by atoms with Gasteiger partial charge in [0.1, 0.15) is 17.7 Å². The zero-order chi connectivity index (χ0) is 16.8. The van der Waals surface area contributed by atoms with Crippen molar-refractivity contribution in [1.29, 1.82) is 10.5 Å². The van der Waals surface area contributed by atoms with E-state index in [2.05, 4.69) is 44.2 Å². The van der Waals surface area contributed by atoms with Gasteiger partial charge in [-0.3, -0.25) is 0 Å². The van der Waals surface area contributed by atoms with Gasteiger partial charge in [-0.25, -0.2) is 0 Å². The molecule has 2 nitrogen and oxygen atoms in total. The normalized spacial score (nSPS) is 9.78. The predicted molar refractivity (Wildman–Crippen MR) is 95.9 cm³/mol. The molecule has 0 fully saturated rings. The molecule has 0 atom stereocenters. The Morgan fingerprint density at radius 1 is 1.00 bits per heavy atom. The summed E-state index contributed by atoms with van der Waals surface area (Å²) in [6, 6.07) is 16.4. The molecule has 0 aliphatic carbocycles. The summed E-state index contributed by atoms with van der Waals surface area (Å²) in [5.74, 6) is 0.867. The molecule has 0 saturated heterocycles. The van der Waals surface area contributed by atoms with E-state index in [1.54, 1.807) is 6.08 Å². The molecule has 0 amide bonds. The van der Waals surface area contributed by atoms with Gasteiger partial charge in [0.25, 0.3) is 0 Å².